The zero-order valence-corrected chi connectivity index (χ0v) is 15.7. The number of rotatable bonds is 5. The minimum atomic E-state index is -0.472. The molecule has 28 heavy (non-hydrogen) atoms. The van der Waals surface area contributed by atoms with Gasteiger partial charge in [-0.2, -0.15) is 0 Å². The van der Waals surface area contributed by atoms with E-state index in [1.165, 1.54) is 6.42 Å². The van der Waals surface area contributed by atoms with Crippen LogP contribution in [0.15, 0.2) is 54.6 Å². The second kappa shape index (κ2) is 8.44. The summed E-state index contributed by atoms with van der Waals surface area (Å²) in [6, 6.07) is 16.7. The van der Waals surface area contributed by atoms with Gasteiger partial charge in [-0.3, -0.25) is 9.59 Å². The van der Waals surface area contributed by atoms with E-state index in [1.807, 2.05) is 30.3 Å². The van der Waals surface area contributed by atoms with E-state index in [0.717, 1.165) is 25.0 Å². The molecule has 0 aromatic heterocycles. The molecule has 0 radical (unpaired) electrons. The average Bonchev–Trinajstić information content (AvgIpc) is 2.71. The van der Waals surface area contributed by atoms with E-state index in [4.69, 9.17) is 4.74 Å². The van der Waals surface area contributed by atoms with Gasteiger partial charge < -0.3 is 20.7 Å². The molecule has 2 aromatic rings. The fraction of sp³-hybridized carbons (Fsp3) is 0.364. The lowest BCUT2D eigenvalue weighted by molar-refractivity contribution is -0.129. The van der Waals surface area contributed by atoms with Crippen LogP contribution in [-0.4, -0.2) is 29.9 Å². The van der Waals surface area contributed by atoms with Crippen molar-refractivity contribution in [2.24, 2.45) is 0 Å². The maximum atomic E-state index is 12.4. The molecule has 1 aliphatic heterocycles. The minimum absolute atomic E-state index is 0.0788. The number of fused-ring (bicyclic) bond motifs is 1. The first kappa shape index (κ1) is 18.5. The number of anilines is 1. The quantitative estimate of drug-likeness (QED) is 0.745. The molecule has 2 fully saturated rings. The standard InChI is InChI=1S/C22H25N3O3/c26-21(14-20-22(27)25-19-9-5-4-8-18(19)24-20)23-15-10-12-17(13-11-15)28-16-6-2-1-3-7-16/h1-3,6-7,10-13,18-20,24H,4-5,8-9,14H2,(H,23,26)(H,25,27)/t18-,19-,20-/m0/s1. The maximum absolute atomic E-state index is 12.4. The summed E-state index contributed by atoms with van der Waals surface area (Å²) in [5.41, 5.74) is 0.678. The number of carbonyl (C=O) groups excluding carboxylic acids is 2. The molecule has 3 atom stereocenters. The van der Waals surface area contributed by atoms with Gasteiger partial charge in [-0.05, 0) is 49.2 Å². The maximum Gasteiger partial charge on any atom is 0.237 e. The molecule has 6 nitrogen and oxygen atoms in total. The minimum Gasteiger partial charge on any atom is -0.457 e. The van der Waals surface area contributed by atoms with Crippen molar-refractivity contribution in [3.05, 3.63) is 54.6 Å². The number of amides is 2. The molecule has 2 amide bonds. The van der Waals surface area contributed by atoms with Crippen molar-refractivity contribution in [1.29, 1.82) is 0 Å². The van der Waals surface area contributed by atoms with Crippen molar-refractivity contribution in [3.8, 4) is 11.5 Å². The highest BCUT2D eigenvalue weighted by Crippen LogP contribution is 2.24. The second-order valence-corrected chi connectivity index (χ2v) is 7.42. The summed E-state index contributed by atoms with van der Waals surface area (Å²) >= 11 is 0. The zero-order chi connectivity index (χ0) is 19.3. The number of ether oxygens (including phenoxy) is 1. The summed E-state index contributed by atoms with van der Waals surface area (Å²) in [6.45, 7) is 0. The van der Waals surface area contributed by atoms with Crippen molar-refractivity contribution in [3.63, 3.8) is 0 Å². The predicted octanol–water partition coefficient (Wildman–Crippen LogP) is 3.21. The third-order valence-corrected chi connectivity index (χ3v) is 5.33. The van der Waals surface area contributed by atoms with Crippen molar-refractivity contribution < 1.29 is 14.3 Å². The third kappa shape index (κ3) is 4.51. The summed E-state index contributed by atoms with van der Waals surface area (Å²) in [5.74, 6) is 1.19. The van der Waals surface area contributed by atoms with Gasteiger partial charge in [-0.1, -0.05) is 31.0 Å². The normalized spacial score (nSPS) is 24.0. The van der Waals surface area contributed by atoms with Crippen molar-refractivity contribution in [2.75, 3.05) is 5.32 Å². The van der Waals surface area contributed by atoms with E-state index in [1.54, 1.807) is 24.3 Å². The highest BCUT2D eigenvalue weighted by Gasteiger charge is 2.36. The second-order valence-electron chi connectivity index (χ2n) is 7.42. The molecule has 4 rings (SSSR count). The van der Waals surface area contributed by atoms with E-state index in [-0.39, 0.29) is 30.3 Å². The Hall–Kier alpha value is -2.86. The van der Waals surface area contributed by atoms with Gasteiger partial charge >= 0.3 is 0 Å². The van der Waals surface area contributed by atoms with Crippen LogP contribution in [0.5, 0.6) is 11.5 Å². The van der Waals surface area contributed by atoms with Gasteiger partial charge in [-0.15, -0.1) is 0 Å². The molecular weight excluding hydrogens is 354 g/mol. The number of hydrogen-bond acceptors (Lipinski definition) is 4. The summed E-state index contributed by atoms with van der Waals surface area (Å²) < 4.78 is 5.75. The van der Waals surface area contributed by atoms with E-state index in [0.29, 0.717) is 11.4 Å². The summed E-state index contributed by atoms with van der Waals surface area (Å²) in [5, 5.41) is 9.29. The highest BCUT2D eigenvalue weighted by atomic mass is 16.5. The van der Waals surface area contributed by atoms with Gasteiger partial charge in [-0.25, -0.2) is 0 Å². The number of nitrogens with one attached hydrogen (secondary N) is 3. The summed E-state index contributed by atoms with van der Waals surface area (Å²) in [4.78, 5) is 24.7. The molecule has 1 heterocycles. The Morgan fingerprint density at radius 1 is 0.964 bits per heavy atom. The lowest BCUT2D eigenvalue weighted by atomic mass is 9.87. The number of piperazine rings is 1. The van der Waals surface area contributed by atoms with Crippen molar-refractivity contribution in [1.82, 2.24) is 10.6 Å². The van der Waals surface area contributed by atoms with Crippen LogP contribution >= 0.6 is 0 Å². The highest BCUT2D eigenvalue weighted by molar-refractivity contribution is 5.95. The SMILES string of the molecule is O=C(C[C@@H]1N[C@H]2CCCC[C@@H]2NC1=O)Nc1ccc(Oc2ccccc2)cc1. The molecular formula is C22H25N3O3. The lowest BCUT2D eigenvalue weighted by Gasteiger charge is -2.40. The first-order valence-corrected chi connectivity index (χ1v) is 9.86. The Balaban J connectivity index is 1.30. The molecule has 1 saturated carbocycles. The lowest BCUT2D eigenvalue weighted by Crippen LogP contribution is -2.65. The number of hydrogen-bond donors (Lipinski definition) is 3. The van der Waals surface area contributed by atoms with Crippen LogP contribution in [0.4, 0.5) is 5.69 Å². The van der Waals surface area contributed by atoms with Gasteiger partial charge in [0.05, 0.1) is 12.5 Å². The molecule has 2 aromatic carbocycles. The average molecular weight is 379 g/mol. The molecule has 2 aliphatic rings. The molecule has 0 spiro atoms. The molecule has 3 N–H and O–H groups in total. The summed E-state index contributed by atoms with van der Waals surface area (Å²) in [7, 11) is 0. The monoisotopic (exact) mass is 379 g/mol. The molecule has 0 unspecified atom stereocenters. The zero-order valence-electron chi connectivity index (χ0n) is 15.7. The van der Waals surface area contributed by atoms with Crippen molar-refractivity contribution in [2.45, 2.75) is 50.2 Å². The predicted molar refractivity (Wildman–Crippen MR) is 107 cm³/mol. The van der Waals surface area contributed by atoms with E-state index in [9.17, 15) is 9.59 Å². The van der Waals surface area contributed by atoms with Crippen LogP contribution in [0.2, 0.25) is 0 Å². The largest absolute Gasteiger partial charge is 0.457 e. The van der Waals surface area contributed by atoms with E-state index >= 15 is 0 Å². The van der Waals surface area contributed by atoms with Gasteiger partial charge in [0.15, 0.2) is 0 Å². The first-order valence-electron chi connectivity index (χ1n) is 9.86. The Morgan fingerprint density at radius 2 is 1.64 bits per heavy atom. The first-order chi connectivity index (χ1) is 13.7. The van der Waals surface area contributed by atoms with Crippen LogP contribution in [-0.2, 0) is 9.59 Å². The van der Waals surface area contributed by atoms with Crippen LogP contribution in [0.3, 0.4) is 0 Å². The molecule has 1 saturated heterocycles. The van der Waals surface area contributed by atoms with Crippen LogP contribution in [0.1, 0.15) is 32.1 Å². The molecule has 6 heteroatoms. The Labute approximate surface area is 164 Å². The number of carbonyl (C=O) groups is 2. The fourth-order valence-electron chi connectivity index (χ4n) is 3.90. The molecule has 1 aliphatic carbocycles. The van der Waals surface area contributed by atoms with Gasteiger partial charge in [0, 0.05) is 17.8 Å². The number of para-hydroxylation sites is 1. The van der Waals surface area contributed by atoms with Gasteiger partial charge in [0.1, 0.15) is 11.5 Å². The van der Waals surface area contributed by atoms with E-state index in [2.05, 4.69) is 16.0 Å². The third-order valence-electron chi connectivity index (χ3n) is 5.33. The Morgan fingerprint density at radius 3 is 2.39 bits per heavy atom. The smallest absolute Gasteiger partial charge is 0.237 e. The molecule has 146 valence electrons. The van der Waals surface area contributed by atoms with Gasteiger partial charge in [0.2, 0.25) is 11.8 Å². The number of benzene rings is 2. The van der Waals surface area contributed by atoms with Gasteiger partial charge in [0.25, 0.3) is 0 Å². The topological polar surface area (TPSA) is 79.5 Å². The van der Waals surface area contributed by atoms with E-state index < -0.39 is 6.04 Å². The van der Waals surface area contributed by atoms with Crippen LogP contribution in [0, 0.1) is 0 Å². The Kier molecular flexibility index (Phi) is 5.58. The fourth-order valence-corrected chi connectivity index (χ4v) is 3.90. The van der Waals surface area contributed by atoms with Crippen molar-refractivity contribution >= 4 is 17.5 Å². The Bertz CT molecular complexity index is 823. The van der Waals surface area contributed by atoms with Crippen LogP contribution < -0.4 is 20.7 Å². The molecule has 0 bridgehead atoms. The summed E-state index contributed by atoms with van der Waals surface area (Å²) in [6.07, 6.45) is 4.50. The van der Waals surface area contributed by atoms with Crippen LogP contribution in [0.25, 0.3) is 0 Å².